The molecule has 1 aromatic carbocycles. The lowest BCUT2D eigenvalue weighted by molar-refractivity contribution is -0.119. The van der Waals surface area contributed by atoms with Gasteiger partial charge in [-0.25, -0.2) is 0 Å². The SMILES string of the molecule is Cc1c(Cl)cccc1-n1c(SCC(=O)NC[C@H]2CCCO2)nnc1-c1ccncc1. The molecule has 2 aromatic heterocycles. The fourth-order valence-corrected chi connectivity index (χ4v) is 4.27. The van der Waals surface area contributed by atoms with Crippen LogP contribution in [-0.2, 0) is 9.53 Å². The Balaban J connectivity index is 1.57. The second kappa shape index (κ2) is 9.59. The lowest BCUT2D eigenvalue weighted by atomic mass is 10.2. The number of hydrogen-bond donors (Lipinski definition) is 1. The van der Waals surface area contributed by atoms with Gasteiger partial charge < -0.3 is 10.1 Å². The van der Waals surface area contributed by atoms with Gasteiger partial charge in [0.1, 0.15) is 0 Å². The van der Waals surface area contributed by atoms with Crippen LogP contribution in [0, 0.1) is 6.92 Å². The zero-order chi connectivity index (χ0) is 20.9. The zero-order valence-electron chi connectivity index (χ0n) is 16.5. The van der Waals surface area contributed by atoms with Crippen LogP contribution in [0.5, 0.6) is 0 Å². The summed E-state index contributed by atoms with van der Waals surface area (Å²) in [5, 5.41) is 13.0. The molecule has 7 nitrogen and oxygen atoms in total. The van der Waals surface area contributed by atoms with Crippen molar-refractivity contribution in [2.24, 2.45) is 0 Å². The van der Waals surface area contributed by atoms with Crippen molar-refractivity contribution in [3.8, 4) is 17.1 Å². The number of amides is 1. The Kier molecular flexibility index (Phi) is 6.66. The van der Waals surface area contributed by atoms with Crippen molar-refractivity contribution in [2.75, 3.05) is 18.9 Å². The van der Waals surface area contributed by atoms with Gasteiger partial charge >= 0.3 is 0 Å². The molecule has 4 rings (SSSR count). The van der Waals surface area contributed by atoms with E-state index in [4.69, 9.17) is 16.3 Å². The number of ether oxygens (including phenoxy) is 1. The van der Waals surface area contributed by atoms with Crippen LogP contribution in [-0.4, -0.2) is 50.7 Å². The van der Waals surface area contributed by atoms with Crippen molar-refractivity contribution in [1.82, 2.24) is 25.1 Å². The average molecular weight is 444 g/mol. The van der Waals surface area contributed by atoms with Gasteiger partial charge in [0.05, 0.1) is 17.5 Å². The highest BCUT2D eigenvalue weighted by molar-refractivity contribution is 7.99. The number of thioether (sulfide) groups is 1. The first-order chi connectivity index (χ1) is 14.6. The summed E-state index contributed by atoms with van der Waals surface area (Å²) < 4.78 is 7.49. The van der Waals surface area contributed by atoms with E-state index in [0.29, 0.717) is 22.5 Å². The minimum atomic E-state index is -0.0571. The number of nitrogens with one attached hydrogen (secondary N) is 1. The summed E-state index contributed by atoms with van der Waals surface area (Å²) in [6.07, 6.45) is 5.59. The van der Waals surface area contributed by atoms with Gasteiger partial charge in [-0.05, 0) is 49.6 Å². The number of halogens is 1. The summed E-state index contributed by atoms with van der Waals surface area (Å²) in [4.78, 5) is 16.4. The van der Waals surface area contributed by atoms with E-state index in [1.807, 2.05) is 41.8 Å². The molecule has 0 radical (unpaired) electrons. The standard InChI is InChI=1S/C21H22ClN5O2S/c1-14-17(22)5-2-6-18(14)27-20(15-7-9-23-10-8-15)25-26-21(27)30-13-19(28)24-12-16-4-3-11-29-16/h2,5-10,16H,3-4,11-13H2,1H3,(H,24,28)/t16-/m1/s1. The maximum atomic E-state index is 12.3. The number of hydrogen-bond acceptors (Lipinski definition) is 6. The van der Waals surface area contributed by atoms with E-state index in [0.717, 1.165) is 36.3 Å². The van der Waals surface area contributed by atoms with E-state index >= 15 is 0 Å². The van der Waals surface area contributed by atoms with Gasteiger partial charge in [-0.1, -0.05) is 29.4 Å². The van der Waals surface area contributed by atoms with Gasteiger partial charge in [0.15, 0.2) is 11.0 Å². The Hall–Kier alpha value is -2.42. The number of carbonyl (C=O) groups excluding carboxylic acids is 1. The molecule has 0 bridgehead atoms. The van der Waals surface area contributed by atoms with Crippen LogP contribution in [0.2, 0.25) is 5.02 Å². The molecule has 0 unspecified atom stereocenters. The fourth-order valence-electron chi connectivity index (χ4n) is 3.32. The molecular formula is C21H22ClN5O2S. The second-order valence-corrected chi connectivity index (χ2v) is 8.34. The third-order valence-electron chi connectivity index (χ3n) is 4.94. The quantitative estimate of drug-likeness (QED) is 0.561. The Bertz CT molecular complexity index is 1020. The number of aromatic nitrogens is 4. The van der Waals surface area contributed by atoms with Crippen LogP contribution in [0.4, 0.5) is 0 Å². The van der Waals surface area contributed by atoms with Crippen LogP contribution >= 0.6 is 23.4 Å². The van der Waals surface area contributed by atoms with Crippen LogP contribution in [0.15, 0.2) is 47.9 Å². The summed E-state index contributed by atoms with van der Waals surface area (Å²) in [5.41, 5.74) is 2.67. The Morgan fingerprint density at radius 3 is 2.90 bits per heavy atom. The largest absolute Gasteiger partial charge is 0.376 e. The summed E-state index contributed by atoms with van der Waals surface area (Å²) >= 11 is 7.71. The number of pyridine rings is 1. The van der Waals surface area contributed by atoms with Gasteiger partial charge in [-0.15, -0.1) is 10.2 Å². The molecule has 3 aromatic rings. The maximum Gasteiger partial charge on any atom is 0.230 e. The molecule has 3 heterocycles. The average Bonchev–Trinajstić information content (AvgIpc) is 3.43. The minimum Gasteiger partial charge on any atom is -0.376 e. The molecule has 1 amide bonds. The summed E-state index contributed by atoms with van der Waals surface area (Å²) in [6.45, 7) is 3.27. The fraction of sp³-hybridized carbons (Fsp3) is 0.333. The molecule has 156 valence electrons. The highest BCUT2D eigenvalue weighted by Gasteiger charge is 2.20. The third kappa shape index (κ3) is 4.66. The summed E-state index contributed by atoms with van der Waals surface area (Å²) in [6, 6.07) is 9.47. The predicted octanol–water partition coefficient (Wildman–Crippen LogP) is 3.68. The number of rotatable bonds is 7. The molecule has 1 N–H and O–H groups in total. The molecule has 0 spiro atoms. The molecule has 1 aliphatic heterocycles. The van der Waals surface area contributed by atoms with Crippen molar-refractivity contribution >= 4 is 29.3 Å². The monoisotopic (exact) mass is 443 g/mol. The van der Waals surface area contributed by atoms with Gasteiger partial charge in [0.25, 0.3) is 0 Å². The van der Waals surface area contributed by atoms with E-state index < -0.39 is 0 Å². The Labute approximate surface area is 184 Å². The summed E-state index contributed by atoms with van der Waals surface area (Å²) in [5.74, 6) is 0.851. The number of nitrogens with zero attached hydrogens (tertiary/aromatic N) is 4. The first-order valence-corrected chi connectivity index (χ1v) is 11.1. The maximum absolute atomic E-state index is 12.3. The molecule has 1 fully saturated rings. The third-order valence-corrected chi connectivity index (χ3v) is 6.27. The Morgan fingerprint density at radius 1 is 1.30 bits per heavy atom. The Morgan fingerprint density at radius 2 is 2.13 bits per heavy atom. The smallest absolute Gasteiger partial charge is 0.230 e. The number of carbonyl (C=O) groups is 1. The van der Waals surface area contributed by atoms with E-state index in [2.05, 4.69) is 20.5 Å². The van der Waals surface area contributed by atoms with Crippen molar-refractivity contribution in [3.63, 3.8) is 0 Å². The molecule has 1 saturated heterocycles. The van der Waals surface area contributed by atoms with Gasteiger partial charge in [0, 0.05) is 36.1 Å². The molecule has 0 aliphatic carbocycles. The second-order valence-electron chi connectivity index (χ2n) is 6.99. The number of benzene rings is 1. The van der Waals surface area contributed by atoms with Crippen molar-refractivity contribution < 1.29 is 9.53 Å². The van der Waals surface area contributed by atoms with Crippen molar-refractivity contribution in [1.29, 1.82) is 0 Å². The molecular weight excluding hydrogens is 422 g/mol. The van der Waals surface area contributed by atoms with Crippen LogP contribution in [0.3, 0.4) is 0 Å². The molecule has 9 heteroatoms. The molecule has 1 atom stereocenters. The van der Waals surface area contributed by atoms with Crippen LogP contribution < -0.4 is 5.32 Å². The van der Waals surface area contributed by atoms with E-state index in [-0.39, 0.29) is 17.8 Å². The van der Waals surface area contributed by atoms with Crippen molar-refractivity contribution in [3.05, 3.63) is 53.3 Å². The van der Waals surface area contributed by atoms with E-state index in [1.54, 1.807) is 12.4 Å². The highest BCUT2D eigenvalue weighted by Crippen LogP contribution is 2.31. The summed E-state index contributed by atoms with van der Waals surface area (Å²) in [7, 11) is 0. The first kappa shape index (κ1) is 20.8. The van der Waals surface area contributed by atoms with Gasteiger partial charge in [-0.3, -0.25) is 14.3 Å². The van der Waals surface area contributed by atoms with Crippen LogP contribution in [0.1, 0.15) is 18.4 Å². The normalized spacial score (nSPS) is 16.0. The zero-order valence-corrected chi connectivity index (χ0v) is 18.1. The van der Waals surface area contributed by atoms with E-state index in [9.17, 15) is 4.79 Å². The van der Waals surface area contributed by atoms with E-state index in [1.165, 1.54) is 11.8 Å². The highest BCUT2D eigenvalue weighted by atomic mass is 35.5. The van der Waals surface area contributed by atoms with Crippen molar-refractivity contribution in [2.45, 2.75) is 31.0 Å². The first-order valence-electron chi connectivity index (χ1n) is 9.76. The van der Waals surface area contributed by atoms with Gasteiger partial charge in [0.2, 0.25) is 5.91 Å². The van der Waals surface area contributed by atoms with Gasteiger partial charge in [-0.2, -0.15) is 0 Å². The molecule has 30 heavy (non-hydrogen) atoms. The predicted molar refractivity (Wildman–Crippen MR) is 117 cm³/mol. The molecule has 1 aliphatic rings. The topological polar surface area (TPSA) is 81.9 Å². The lowest BCUT2D eigenvalue weighted by Crippen LogP contribution is -2.32. The minimum absolute atomic E-state index is 0.0571. The lowest BCUT2D eigenvalue weighted by Gasteiger charge is -2.14. The van der Waals surface area contributed by atoms with Crippen LogP contribution in [0.25, 0.3) is 17.1 Å². The molecule has 0 saturated carbocycles.